The van der Waals surface area contributed by atoms with E-state index in [1.165, 1.54) is 6.07 Å². The molecule has 0 spiro atoms. The molecule has 0 radical (unpaired) electrons. The van der Waals surface area contributed by atoms with Crippen molar-refractivity contribution < 1.29 is 18.7 Å². The summed E-state index contributed by atoms with van der Waals surface area (Å²) in [4.78, 5) is 20.6. The number of methoxy groups -OCH3 is 2. The van der Waals surface area contributed by atoms with E-state index in [0.717, 1.165) is 5.56 Å². The summed E-state index contributed by atoms with van der Waals surface area (Å²) in [6.45, 7) is 3.77. The molecule has 1 saturated heterocycles. The Hall–Kier alpha value is -2.83. The average molecular weight is 373 g/mol. The zero-order valence-corrected chi connectivity index (χ0v) is 15.8. The number of hydrogen-bond acceptors (Lipinski definition) is 5. The van der Waals surface area contributed by atoms with Crippen LogP contribution in [0.25, 0.3) is 0 Å². The van der Waals surface area contributed by atoms with Crippen LogP contribution in [0.1, 0.15) is 12.5 Å². The number of anilines is 1. The van der Waals surface area contributed by atoms with E-state index < -0.39 is 5.95 Å². The van der Waals surface area contributed by atoms with Gasteiger partial charge in [-0.3, -0.25) is 4.79 Å². The Bertz CT molecular complexity index is 793. The van der Waals surface area contributed by atoms with Gasteiger partial charge in [-0.25, -0.2) is 4.98 Å². The normalized spacial score (nSPS) is 17.0. The predicted octanol–water partition coefficient (Wildman–Crippen LogP) is 2.52. The number of carbonyl (C=O) groups is 1. The molecule has 1 aliphatic heterocycles. The monoisotopic (exact) mass is 373 g/mol. The van der Waals surface area contributed by atoms with E-state index in [1.807, 2.05) is 28.9 Å². The fourth-order valence-corrected chi connectivity index (χ4v) is 3.34. The van der Waals surface area contributed by atoms with Crippen molar-refractivity contribution in [1.29, 1.82) is 0 Å². The van der Waals surface area contributed by atoms with Crippen molar-refractivity contribution in [3.63, 3.8) is 0 Å². The van der Waals surface area contributed by atoms with Gasteiger partial charge in [0.05, 0.1) is 20.6 Å². The number of piperazine rings is 1. The molecule has 1 aliphatic rings. The van der Waals surface area contributed by atoms with Crippen LogP contribution in [-0.4, -0.2) is 55.7 Å². The van der Waals surface area contributed by atoms with Crippen LogP contribution in [0.15, 0.2) is 36.4 Å². The molecule has 1 aromatic carbocycles. The fourth-order valence-electron chi connectivity index (χ4n) is 3.34. The molecule has 144 valence electrons. The molecule has 1 unspecified atom stereocenters. The summed E-state index contributed by atoms with van der Waals surface area (Å²) >= 11 is 0. The molecule has 0 aliphatic carbocycles. The van der Waals surface area contributed by atoms with Crippen molar-refractivity contribution in [1.82, 2.24) is 9.88 Å². The number of rotatable bonds is 5. The zero-order valence-electron chi connectivity index (χ0n) is 15.8. The van der Waals surface area contributed by atoms with Crippen LogP contribution in [0.5, 0.6) is 11.5 Å². The van der Waals surface area contributed by atoms with E-state index in [-0.39, 0.29) is 18.4 Å². The van der Waals surface area contributed by atoms with Gasteiger partial charge in [-0.05, 0) is 36.8 Å². The highest BCUT2D eigenvalue weighted by Gasteiger charge is 2.27. The molecular weight excluding hydrogens is 349 g/mol. The standard InChI is InChI=1S/C20H24FN3O3/c1-14-13-23(7-8-24(14)19-6-4-5-18(21)22-19)20(25)11-15-9-16(26-2)12-17(10-15)27-3/h4-6,9-10,12,14H,7-8,11,13H2,1-3H3. The zero-order chi connectivity index (χ0) is 19.4. The lowest BCUT2D eigenvalue weighted by atomic mass is 10.1. The van der Waals surface area contributed by atoms with Crippen molar-refractivity contribution in [2.75, 3.05) is 38.8 Å². The smallest absolute Gasteiger partial charge is 0.227 e. The Balaban J connectivity index is 1.66. The quantitative estimate of drug-likeness (QED) is 0.754. The molecule has 0 saturated carbocycles. The maximum absolute atomic E-state index is 13.4. The molecule has 6 nitrogen and oxygen atoms in total. The van der Waals surface area contributed by atoms with Crippen LogP contribution in [-0.2, 0) is 11.2 Å². The number of benzene rings is 1. The van der Waals surface area contributed by atoms with E-state index >= 15 is 0 Å². The van der Waals surface area contributed by atoms with Crippen LogP contribution >= 0.6 is 0 Å². The maximum atomic E-state index is 13.4. The van der Waals surface area contributed by atoms with E-state index in [1.54, 1.807) is 32.4 Å². The van der Waals surface area contributed by atoms with Gasteiger partial charge >= 0.3 is 0 Å². The summed E-state index contributed by atoms with van der Waals surface area (Å²) in [6.07, 6.45) is 0.276. The molecular formula is C20H24FN3O3. The van der Waals surface area contributed by atoms with Gasteiger partial charge in [0.2, 0.25) is 11.9 Å². The second kappa shape index (κ2) is 8.24. The van der Waals surface area contributed by atoms with Crippen LogP contribution in [0.2, 0.25) is 0 Å². The van der Waals surface area contributed by atoms with Gasteiger partial charge in [-0.1, -0.05) is 6.07 Å². The number of halogens is 1. The third kappa shape index (κ3) is 4.48. The van der Waals surface area contributed by atoms with Crippen LogP contribution in [0.4, 0.5) is 10.2 Å². The van der Waals surface area contributed by atoms with Crippen LogP contribution in [0.3, 0.4) is 0 Å². The lowest BCUT2D eigenvalue weighted by Gasteiger charge is -2.40. The second-order valence-electron chi connectivity index (χ2n) is 6.60. The molecule has 1 atom stereocenters. The Morgan fingerprint density at radius 3 is 2.48 bits per heavy atom. The molecule has 2 heterocycles. The number of hydrogen-bond donors (Lipinski definition) is 0. The van der Waals surface area contributed by atoms with Crippen molar-refractivity contribution in [2.45, 2.75) is 19.4 Å². The van der Waals surface area contributed by atoms with Gasteiger partial charge in [0.25, 0.3) is 0 Å². The minimum Gasteiger partial charge on any atom is -0.497 e. The Morgan fingerprint density at radius 2 is 1.89 bits per heavy atom. The minimum absolute atomic E-state index is 0.0454. The van der Waals surface area contributed by atoms with Gasteiger partial charge in [-0.2, -0.15) is 4.39 Å². The lowest BCUT2D eigenvalue weighted by Crippen LogP contribution is -2.54. The number of amides is 1. The SMILES string of the molecule is COc1cc(CC(=O)N2CCN(c3cccc(F)n3)C(C)C2)cc(OC)c1. The topological polar surface area (TPSA) is 54.9 Å². The molecule has 7 heteroatoms. The van der Waals surface area contributed by atoms with E-state index in [9.17, 15) is 9.18 Å². The van der Waals surface area contributed by atoms with Gasteiger partial charge in [0.1, 0.15) is 17.3 Å². The predicted molar refractivity (Wildman–Crippen MR) is 101 cm³/mol. The summed E-state index contributed by atoms with van der Waals surface area (Å²) in [5.41, 5.74) is 0.845. The lowest BCUT2D eigenvalue weighted by molar-refractivity contribution is -0.131. The second-order valence-corrected chi connectivity index (χ2v) is 6.60. The largest absolute Gasteiger partial charge is 0.497 e. The summed E-state index contributed by atoms with van der Waals surface area (Å²) in [5, 5.41) is 0. The van der Waals surface area contributed by atoms with Crippen molar-refractivity contribution >= 4 is 11.7 Å². The Labute approximate surface area is 158 Å². The first-order valence-corrected chi connectivity index (χ1v) is 8.89. The summed E-state index contributed by atoms with van der Waals surface area (Å²) < 4.78 is 23.9. The average Bonchev–Trinajstić information content (AvgIpc) is 2.67. The highest BCUT2D eigenvalue weighted by molar-refractivity contribution is 5.79. The molecule has 1 aromatic heterocycles. The molecule has 0 N–H and O–H groups in total. The van der Waals surface area contributed by atoms with Gasteiger partial charge < -0.3 is 19.3 Å². The summed E-state index contributed by atoms with van der Waals surface area (Å²) in [6, 6.07) is 10.3. The number of aromatic nitrogens is 1. The van der Waals surface area contributed by atoms with Gasteiger partial charge in [0, 0.05) is 31.7 Å². The van der Waals surface area contributed by atoms with Crippen LogP contribution < -0.4 is 14.4 Å². The van der Waals surface area contributed by atoms with Crippen LogP contribution in [0, 0.1) is 5.95 Å². The molecule has 27 heavy (non-hydrogen) atoms. The van der Waals surface area contributed by atoms with Gasteiger partial charge in [0.15, 0.2) is 0 Å². The fraction of sp³-hybridized carbons (Fsp3) is 0.400. The first-order chi connectivity index (χ1) is 13.0. The van der Waals surface area contributed by atoms with Crippen molar-refractivity contribution in [2.24, 2.45) is 0 Å². The Morgan fingerprint density at radius 1 is 1.19 bits per heavy atom. The molecule has 1 fully saturated rings. The Kier molecular flexibility index (Phi) is 5.78. The van der Waals surface area contributed by atoms with E-state index in [0.29, 0.717) is 37.0 Å². The number of nitrogens with zero attached hydrogens (tertiary/aromatic N) is 3. The minimum atomic E-state index is -0.495. The third-order valence-corrected chi connectivity index (χ3v) is 4.74. The molecule has 1 amide bonds. The summed E-state index contributed by atoms with van der Waals surface area (Å²) in [5.74, 6) is 1.47. The molecule has 0 bridgehead atoms. The van der Waals surface area contributed by atoms with Crippen molar-refractivity contribution in [3.8, 4) is 11.5 Å². The number of pyridine rings is 1. The molecule has 3 rings (SSSR count). The third-order valence-electron chi connectivity index (χ3n) is 4.74. The van der Waals surface area contributed by atoms with E-state index in [4.69, 9.17) is 9.47 Å². The molecule has 2 aromatic rings. The summed E-state index contributed by atoms with van der Waals surface area (Å²) in [7, 11) is 3.17. The van der Waals surface area contributed by atoms with Gasteiger partial charge in [-0.15, -0.1) is 0 Å². The number of carbonyl (C=O) groups excluding carboxylic acids is 1. The highest BCUT2D eigenvalue weighted by Crippen LogP contribution is 2.24. The highest BCUT2D eigenvalue weighted by atomic mass is 19.1. The maximum Gasteiger partial charge on any atom is 0.227 e. The van der Waals surface area contributed by atoms with E-state index in [2.05, 4.69) is 4.98 Å². The first kappa shape index (κ1) is 18.9. The first-order valence-electron chi connectivity index (χ1n) is 8.89. The van der Waals surface area contributed by atoms with Crippen molar-refractivity contribution in [3.05, 3.63) is 47.9 Å². The number of ether oxygens (including phenoxy) is 2.